The number of pyridine rings is 1. The molecule has 1 N–H and O–H groups in total. The first-order valence-electron chi connectivity index (χ1n) is 10.8. The molecule has 0 bridgehead atoms. The van der Waals surface area contributed by atoms with E-state index in [1.54, 1.807) is 6.20 Å². The van der Waals surface area contributed by atoms with E-state index in [1.807, 2.05) is 60.4 Å². The highest BCUT2D eigenvalue weighted by atomic mass is 16.5. The van der Waals surface area contributed by atoms with Gasteiger partial charge in [0.1, 0.15) is 6.61 Å². The van der Waals surface area contributed by atoms with Crippen LogP contribution in [0.2, 0.25) is 0 Å². The van der Waals surface area contributed by atoms with Crippen LogP contribution in [0.25, 0.3) is 0 Å². The quantitative estimate of drug-likeness (QED) is 0.471. The van der Waals surface area contributed by atoms with Gasteiger partial charge < -0.3 is 15.0 Å². The molecule has 0 aliphatic carbocycles. The second-order valence-corrected chi connectivity index (χ2v) is 7.83. The largest absolute Gasteiger partial charge is 0.473 e. The van der Waals surface area contributed by atoms with Gasteiger partial charge in [-0.05, 0) is 36.1 Å². The van der Waals surface area contributed by atoms with Crippen LogP contribution in [0, 0.1) is 0 Å². The van der Waals surface area contributed by atoms with Crippen LogP contribution in [0.4, 0.5) is 0 Å². The lowest BCUT2D eigenvalue weighted by molar-refractivity contribution is 0.293. The Morgan fingerprint density at radius 3 is 2.87 bits per heavy atom. The van der Waals surface area contributed by atoms with Crippen molar-refractivity contribution in [2.24, 2.45) is 12.0 Å². The van der Waals surface area contributed by atoms with Crippen molar-refractivity contribution in [1.29, 1.82) is 0 Å². The van der Waals surface area contributed by atoms with Crippen LogP contribution in [0.1, 0.15) is 36.0 Å². The molecule has 31 heavy (non-hydrogen) atoms. The molecule has 3 aromatic rings. The van der Waals surface area contributed by atoms with Gasteiger partial charge in [-0.15, -0.1) is 0 Å². The molecule has 1 saturated heterocycles. The number of aliphatic imine (C=N–C) groups is 1. The maximum atomic E-state index is 5.86. The van der Waals surface area contributed by atoms with E-state index < -0.39 is 0 Å². The minimum Gasteiger partial charge on any atom is -0.473 e. The van der Waals surface area contributed by atoms with Crippen LogP contribution in [0.3, 0.4) is 0 Å². The summed E-state index contributed by atoms with van der Waals surface area (Å²) in [6.07, 6.45) is 6.99. The molecule has 1 unspecified atom stereocenters. The Morgan fingerprint density at radius 1 is 1.23 bits per heavy atom. The summed E-state index contributed by atoms with van der Waals surface area (Å²) >= 11 is 0. The van der Waals surface area contributed by atoms with Crippen molar-refractivity contribution < 1.29 is 4.74 Å². The van der Waals surface area contributed by atoms with Crippen molar-refractivity contribution in [3.63, 3.8) is 0 Å². The second-order valence-electron chi connectivity index (χ2n) is 7.83. The fourth-order valence-corrected chi connectivity index (χ4v) is 3.83. The molecular formula is C24H30N6O. The summed E-state index contributed by atoms with van der Waals surface area (Å²) in [5.41, 5.74) is 3.51. The van der Waals surface area contributed by atoms with Crippen LogP contribution in [0.5, 0.6) is 5.88 Å². The fraction of sp³-hybridized carbons (Fsp3) is 0.375. The van der Waals surface area contributed by atoms with E-state index in [0.717, 1.165) is 43.1 Å². The second kappa shape index (κ2) is 10.1. The third-order valence-corrected chi connectivity index (χ3v) is 5.46. The van der Waals surface area contributed by atoms with E-state index in [0.29, 0.717) is 24.9 Å². The maximum Gasteiger partial charge on any atom is 0.213 e. The van der Waals surface area contributed by atoms with Gasteiger partial charge in [0, 0.05) is 51.1 Å². The fourth-order valence-electron chi connectivity index (χ4n) is 3.83. The average Bonchev–Trinajstić information content (AvgIpc) is 3.45. The molecule has 7 nitrogen and oxygen atoms in total. The Kier molecular flexibility index (Phi) is 6.82. The lowest BCUT2D eigenvalue weighted by atomic mass is 10.0. The Bertz CT molecular complexity index is 1000. The van der Waals surface area contributed by atoms with Crippen molar-refractivity contribution in [2.75, 3.05) is 19.6 Å². The summed E-state index contributed by atoms with van der Waals surface area (Å²) < 4.78 is 7.73. The zero-order valence-corrected chi connectivity index (χ0v) is 18.2. The first-order valence-corrected chi connectivity index (χ1v) is 10.8. The van der Waals surface area contributed by atoms with Crippen molar-refractivity contribution in [1.82, 2.24) is 25.0 Å². The van der Waals surface area contributed by atoms with Gasteiger partial charge in [-0.3, -0.25) is 4.68 Å². The number of guanidine groups is 1. The molecule has 0 radical (unpaired) electrons. The van der Waals surface area contributed by atoms with Gasteiger partial charge in [0.15, 0.2) is 5.96 Å². The van der Waals surface area contributed by atoms with Gasteiger partial charge in [-0.1, -0.05) is 30.3 Å². The van der Waals surface area contributed by atoms with E-state index in [2.05, 4.69) is 33.4 Å². The van der Waals surface area contributed by atoms with E-state index in [9.17, 15) is 0 Å². The summed E-state index contributed by atoms with van der Waals surface area (Å²) in [4.78, 5) is 11.6. The van der Waals surface area contributed by atoms with Gasteiger partial charge >= 0.3 is 0 Å². The smallest absolute Gasteiger partial charge is 0.213 e. The molecule has 1 aliphatic rings. The Labute approximate surface area is 183 Å². The van der Waals surface area contributed by atoms with Crippen LogP contribution < -0.4 is 10.1 Å². The van der Waals surface area contributed by atoms with Gasteiger partial charge in [0.25, 0.3) is 0 Å². The maximum absolute atomic E-state index is 5.86. The lowest BCUT2D eigenvalue weighted by Gasteiger charge is -2.21. The predicted octanol–water partition coefficient (Wildman–Crippen LogP) is 3.35. The first-order chi connectivity index (χ1) is 15.2. The molecule has 0 amide bonds. The Balaban J connectivity index is 1.38. The monoisotopic (exact) mass is 418 g/mol. The summed E-state index contributed by atoms with van der Waals surface area (Å²) in [5.74, 6) is 2.08. The van der Waals surface area contributed by atoms with Crippen molar-refractivity contribution >= 4 is 5.96 Å². The molecule has 1 aromatic carbocycles. The highest BCUT2D eigenvalue weighted by Gasteiger charge is 2.26. The number of nitrogens with one attached hydrogen (secondary N) is 1. The van der Waals surface area contributed by atoms with Crippen LogP contribution in [-0.2, 0) is 20.2 Å². The molecule has 2 aromatic heterocycles. The van der Waals surface area contributed by atoms with E-state index in [1.165, 1.54) is 5.56 Å². The molecule has 0 spiro atoms. The average molecular weight is 419 g/mol. The van der Waals surface area contributed by atoms with Crippen molar-refractivity contribution in [3.05, 3.63) is 77.7 Å². The Morgan fingerprint density at radius 2 is 2.10 bits per heavy atom. The van der Waals surface area contributed by atoms with E-state index >= 15 is 0 Å². The Hall–Kier alpha value is -3.35. The standard InChI is InChI=1S/C24H30N6O/c1-3-25-24(30-12-10-21(17-30)22-15-28-29(2)16-22)27-14-20-9-11-26-23(13-20)31-18-19-7-5-4-6-8-19/h4-9,11,13,15-16,21H,3,10,12,14,17-18H2,1-2H3,(H,25,27). The van der Waals surface area contributed by atoms with Gasteiger partial charge in [0.05, 0.1) is 12.7 Å². The summed E-state index contributed by atoms with van der Waals surface area (Å²) in [6, 6.07) is 14.1. The van der Waals surface area contributed by atoms with Gasteiger partial charge in [0.2, 0.25) is 5.88 Å². The van der Waals surface area contributed by atoms with Crippen molar-refractivity contribution in [3.8, 4) is 5.88 Å². The molecule has 1 atom stereocenters. The van der Waals surface area contributed by atoms with Crippen molar-refractivity contribution in [2.45, 2.75) is 32.4 Å². The topological polar surface area (TPSA) is 67.6 Å². The lowest BCUT2D eigenvalue weighted by Crippen LogP contribution is -2.40. The summed E-state index contributed by atoms with van der Waals surface area (Å²) in [6.45, 7) is 5.99. The SMILES string of the molecule is CCNC(=NCc1ccnc(OCc2ccccc2)c1)N1CCC(c2cnn(C)c2)C1. The number of likely N-dealkylation sites (tertiary alicyclic amines) is 1. The minimum atomic E-state index is 0.497. The number of nitrogens with zero attached hydrogens (tertiary/aromatic N) is 5. The summed E-state index contributed by atoms with van der Waals surface area (Å²) in [7, 11) is 1.97. The zero-order valence-electron chi connectivity index (χ0n) is 18.2. The van der Waals surface area contributed by atoms with Gasteiger partial charge in [-0.25, -0.2) is 9.98 Å². The normalized spacial score (nSPS) is 16.5. The highest BCUT2D eigenvalue weighted by molar-refractivity contribution is 5.80. The molecule has 3 heterocycles. The van der Waals surface area contributed by atoms with Gasteiger partial charge in [-0.2, -0.15) is 5.10 Å². The summed E-state index contributed by atoms with van der Waals surface area (Å²) in [5, 5.41) is 7.76. The number of rotatable bonds is 7. The third-order valence-electron chi connectivity index (χ3n) is 5.46. The number of aryl methyl sites for hydroxylation is 1. The van der Waals surface area contributed by atoms with E-state index in [-0.39, 0.29) is 0 Å². The first kappa shape index (κ1) is 20.9. The van der Waals surface area contributed by atoms with Crippen LogP contribution in [0.15, 0.2) is 66.0 Å². The van der Waals surface area contributed by atoms with E-state index in [4.69, 9.17) is 9.73 Å². The van der Waals surface area contributed by atoms with Crippen LogP contribution >= 0.6 is 0 Å². The highest BCUT2D eigenvalue weighted by Crippen LogP contribution is 2.26. The number of ether oxygens (including phenoxy) is 1. The molecule has 1 aliphatic heterocycles. The zero-order chi connectivity index (χ0) is 21.5. The molecule has 4 rings (SSSR count). The predicted molar refractivity (Wildman–Crippen MR) is 122 cm³/mol. The number of benzene rings is 1. The number of hydrogen-bond donors (Lipinski definition) is 1. The molecule has 1 fully saturated rings. The number of hydrogen-bond acceptors (Lipinski definition) is 4. The third kappa shape index (κ3) is 5.63. The molecule has 162 valence electrons. The number of aromatic nitrogens is 3. The minimum absolute atomic E-state index is 0.497. The molecular weight excluding hydrogens is 388 g/mol. The molecule has 7 heteroatoms. The molecule has 0 saturated carbocycles. The van der Waals surface area contributed by atoms with Crippen LogP contribution in [-0.4, -0.2) is 45.3 Å².